The van der Waals surface area contributed by atoms with Gasteiger partial charge in [-0.2, -0.15) is 0 Å². The first-order valence-corrected chi connectivity index (χ1v) is 10.6. The van der Waals surface area contributed by atoms with E-state index in [1.54, 1.807) is 24.3 Å². The fraction of sp³-hybridized carbons (Fsp3) is 0.238. The molecule has 3 aromatic rings. The molecule has 0 saturated carbocycles. The second kappa shape index (κ2) is 10.5. The van der Waals surface area contributed by atoms with E-state index in [9.17, 15) is 14.4 Å². The van der Waals surface area contributed by atoms with E-state index in [0.29, 0.717) is 24.3 Å². The highest BCUT2D eigenvalue weighted by Crippen LogP contribution is 2.29. The number of aliphatic hydroxyl groups excluding tert-OH is 1. The van der Waals surface area contributed by atoms with Gasteiger partial charge in [0, 0.05) is 18.8 Å². The van der Waals surface area contributed by atoms with Gasteiger partial charge in [0.2, 0.25) is 0 Å². The van der Waals surface area contributed by atoms with Gasteiger partial charge in [-0.1, -0.05) is 29.3 Å². The number of carbonyl (C=O) groups excluding carboxylic acids is 2. The molecule has 3 rings (SSSR count). The van der Waals surface area contributed by atoms with Crippen LogP contribution in [0.25, 0.3) is 16.6 Å². The number of ether oxygens (including phenoxy) is 1. The summed E-state index contributed by atoms with van der Waals surface area (Å²) in [6, 6.07) is 8.91. The van der Waals surface area contributed by atoms with Crippen LogP contribution in [0.5, 0.6) is 0 Å². The third-order valence-corrected chi connectivity index (χ3v) is 5.21. The monoisotopic (exact) mass is 493 g/mol. The lowest BCUT2D eigenvalue weighted by Gasteiger charge is -2.19. The average Bonchev–Trinajstić information content (AvgIpc) is 2.75. The number of aliphatic hydroxyl groups is 1. The summed E-state index contributed by atoms with van der Waals surface area (Å²) in [5.74, 6) is 0.0556. The fourth-order valence-electron chi connectivity index (χ4n) is 3.16. The maximum absolute atomic E-state index is 13.5. The van der Waals surface area contributed by atoms with Crippen LogP contribution in [0.2, 0.25) is 10.0 Å². The van der Waals surface area contributed by atoms with Gasteiger partial charge >= 0.3 is 12.1 Å². The SMILES string of the molecule is CC(OC(N)=O)c1nc2c(Cl)ccc(Cl)c2c(=O)n1-c1cccc(NC(=O)NCCCO)c1. The van der Waals surface area contributed by atoms with Crippen LogP contribution in [-0.4, -0.2) is 39.9 Å². The number of nitrogens with two attached hydrogens (primary N) is 1. The minimum Gasteiger partial charge on any atom is -0.439 e. The van der Waals surface area contributed by atoms with Crippen molar-refractivity contribution in [1.29, 1.82) is 0 Å². The Morgan fingerprint density at radius 2 is 1.97 bits per heavy atom. The van der Waals surface area contributed by atoms with Crippen LogP contribution in [0.4, 0.5) is 15.3 Å². The number of nitrogens with zero attached hydrogens (tertiary/aromatic N) is 2. The molecule has 1 heterocycles. The van der Waals surface area contributed by atoms with Gasteiger partial charge in [-0.25, -0.2) is 14.6 Å². The average molecular weight is 494 g/mol. The number of nitrogens with one attached hydrogen (secondary N) is 2. The Balaban J connectivity index is 2.14. The molecule has 0 radical (unpaired) electrons. The fourth-order valence-corrected chi connectivity index (χ4v) is 3.60. The second-order valence-corrected chi connectivity index (χ2v) is 7.77. The van der Waals surface area contributed by atoms with E-state index < -0.39 is 23.8 Å². The zero-order valence-corrected chi connectivity index (χ0v) is 19.0. The number of hydrogen-bond acceptors (Lipinski definition) is 6. The van der Waals surface area contributed by atoms with Crippen molar-refractivity contribution in [3.8, 4) is 5.69 Å². The summed E-state index contributed by atoms with van der Waals surface area (Å²) < 4.78 is 6.28. The van der Waals surface area contributed by atoms with Crippen molar-refractivity contribution in [2.45, 2.75) is 19.4 Å². The van der Waals surface area contributed by atoms with Gasteiger partial charge in [0.25, 0.3) is 5.56 Å². The van der Waals surface area contributed by atoms with E-state index in [-0.39, 0.29) is 33.4 Å². The van der Waals surface area contributed by atoms with Gasteiger partial charge in [0.1, 0.15) is 0 Å². The number of carbonyl (C=O) groups is 2. The molecule has 3 amide bonds. The molecule has 12 heteroatoms. The minimum atomic E-state index is -1.05. The normalized spacial score (nSPS) is 11.8. The Labute approximate surface area is 198 Å². The van der Waals surface area contributed by atoms with Gasteiger partial charge in [-0.3, -0.25) is 9.36 Å². The number of primary amides is 1. The first-order valence-electron chi connectivity index (χ1n) is 9.85. The molecule has 5 N–H and O–H groups in total. The van der Waals surface area contributed by atoms with Crippen LogP contribution in [0, 0.1) is 0 Å². The summed E-state index contributed by atoms with van der Waals surface area (Å²) in [7, 11) is 0. The van der Waals surface area contributed by atoms with E-state index in [1.165, 1.54) is 23.6 Å². The molecule has 0 aliphatic carbocycles. The lowest BCUT2D eigenvalue weighted by atomic mass is 10.2. The number of benzene rings is 2. The van der Waals surface area contributed by atoms with Crippen molar-refractivity contribution in [3.63, 3.8) is 0 Å². The van der Waals surface area contributed by atoms with E-state index in [4.69, 9.17) is 38.8 Å². The van der Waals surface area contributed by atoms with E-state index in [0.717, 1.165) is 0 Å². The number of anilines is 1. The van der Waals surface area contributed by atoms with Crippen molar-refractivity contribution < 1.29 is 19.4 Å². The van der Waals surface area contributed by atoms with Gasteiger partial charge in [0.15, 0.2) is 11.9 Å². The number of amides is 3. The summed E-state index contributed by atoms with van der Waals surface area (Å²) in [4.78, 5) is 41.4. The lowest BCUT2D eigenvalue weighted by Crippen LogP contribution is -2.30. The highest BCUT2D eigenvalue weighted by molar-refractivity contribution is 6.39. The molecular formula is C21H21Cl2N5O5. The summed E-state index contributed by atoms with van der Waals surface area (Å²) in [6.07, 6.45) is -1.64. The van der Waals surface area contributed by atoms with Crippen LogP contribution >= 0.6 is 23.2 Å². The third kappa shape index (κ3) is 5.54. The Morgan fingerprint density at radius 1 is 1.24 bits per heavy atom. The topological polar surface area (TPSA) is 149 Å². The standard InChI is InChI=1S/C21H21Cl2N5O5/c1-11(33-20(24)31)18-27-17-15(23)7-6-14(22)16(17)19(30)28(18)13-5-2-4-12(10-13)26-21(32)25-8-3-9-29/h2,4-7,10-11,29H,3,8-9H2,1H3,(H2,24,31)(H2,25,26,32). The number of urea groups is 1. The van der Waals surface area contributed by atoms with Gasteiger partial charge in [0.05, 0.1) is 26.6 Å². The van der Waals surface area contributed by atoms with Crippen molar-refractivity contribution in [2.75, 3.05) is 18.5 Å². The molecule has 2 aromatic carbocycles. The Morgan fingerprint density at radius 3 is 2.67 bits per heavy atom. The highest BCUT2D eigenvalue weighted by Gasteiger charge is 2.23. The molecule has 0 saturated heterocycles. The van der Waals surface area contributed by atoms with Gasteiger partial charge < -0.3 is 26.2 Å². The smallest absolute Gasteiger partial charge is 0.405 e. The first-order chi connectivity index (χ1) is 15.7. The number of hydrogen-bond donors (Lipinski definition) is 4. The van der Waals surface area contributed by atoms with Gasteiger partial charge in [-0.05, 0) is 43.7 Å². The van der Waals surface area contributed by atoms with Crippen LogP contribution in [-0.2, 0) is 4.74 Å². The number of rotatable bonds is 7. The van der Waals surface area contributed by atoms with Crippen LogP contribution in [0.1, 0.15) is 25.3 Å². The largest absolute Gasteiger partial charge is 0.439 e. The second-order valence-electron chi connectivity index (χ2n) is 6.95. The zero-order chi connectivity index (χ0) is 24.1. The number of fused-ring (bicyclic) bond motifs is 1. The highest BCUT2D eigenvalue weighted by atomic mass is 35.5. The van der Waals surface area contributed by atoms with E-state index in [1.807, 2.05) is 0 Å². The number of aromatic nitrogens is 2. The van der Waals surface area contributed by atoms with Crippen molar-refractivity contribution >= 4 is 51.9 Å². The maximum atomic E-state index is 13.5. The molecule has 0 bridgehead atoms. The first kappa shape index (κ1) is 24.3. The number of halogens is 2. The predicted octanol–water partition coefficient (Wildman–Crippen LogP) is 3.35. The predicted molar refractivity (Wildman–Crippen MR) is 125 cm³/mol. The summed E-state index contributed by atoms with van der Waals surface area (Å²) in [6.45, 7) is 1.75. The van der Waals surface area contributed by atoms with Crippen molar-refractivity contribution in [2.24, 2.45) is 5.73 Å². The molecule has 1 aromatic heterocycles. The van der Waals surface area contributed by atoms with E-state index in [2.05, 4.69) is 15.6 Å². The third-order valence-electron chi connectivity index (χ3n) is 4.59. The summed E-state index contributed by atoms with van der Waals surface area (Å²) >= 11 is 12.5. The molecule has 1 atom stereocenters. The molecule has 0 spiro atoms. The van der Waals surface area contributed by atoms with Crippen LogP contribution in [0.3, 0.4) is 0 Å². The molecule has 0 fully saturated rings. The lowest BCUT2D eigenvalue weighted by molar-refractivity contribution is 0.110. The van der Waals surface area contributed by atoms with E-state index >= 15 is 0 Å². The van der Waals surface area contributed by atoms with Crippen molar-refractivity contribution in [1.82, 2.24) is 14.9 Å². The van der Waals surface area contributed by atoms with Gasteiger partial charge in [-0.15, -0.1) is 0 Å². The molecule has 33 heavy (non-hydrogen) atoms. The van der Waals surface area contributed by atoms with Crippen LogP contribution < -0.4 is 21.9 Å². The Kier molecular flexibility index (Phi) is 7.75. The summed E-state index contributed by atoms with van der Waals surface area (Å²) in [5, 5.41) is 14.5. The van der Waals surface area contributed by atoms with Crippen LogP contribution in [0.15, 0.2) is 41.2 Å². The molecule has 10 nitrogen and oxygen atoms in total. The molecular weight excluding hydrogens is 473 g/mol. The quantitative estimate of drug-likeness (QED) is 0.370. The van der Waals surface area contributed by atoms with Crippen molar-refractivity contribution in [3.05, 3.63) is 62.6 Å². The minimum absolute atomic E-state index is 0.0471. The molecule has 174 valence electrons. The molecule has 1 unspecified atom stereocenters. The molecule has 0 aliphatic rings. The maximum Gasteiger partial charge on any atom is 0.405 e. The zero-order valence-electron chi connectivity index (χ0n) is 17.5. The Bertz CT molecular complexity index is 1260. The molecule has 0 aliphatic heterocycles. The summed E-state index contributed by atoms with van der Waals surface area (Å²) in [5.41, 5.74) is 5.47. The Hall–Kier alpha value is -3.34.